The monoisotopic (exact) mass is 253 g/mol. The third kappa shape index (κ3) is 4.06. The summed E-state index contributed by atoms with van der Waals surface area (Å²) in [4.78, 5) is 14.5. The molecule has 2 unspecified atom stereocenters. The Hall–Kier alpha value is -0.410. The van der Waals surface area contributed by atoms with E-state index in [1.807, 2.05) is 0 Å². The van der Waals surface area contributed by atoms with Crippen molar-refractivity contribution in [1.29, 1.82) is 0 Å². The summed E-state index contributed by atoms with van der Waals surface area (Å²) in [6.45, 7) is 6.02. The second kappa shape index (κ2) is 7.25. The van der Waals surface area contributed by atoms with Gasteiger partial charge in [-0.25, -0.2) is 0 Å². The number of ether oxygens (including phenoxy) is 1. The molecule has 104 valence electrons. The number of ketones is 1. The van der Waals surface area contributed by atoms with E-state index in [0.717, 1.165) is 45.5 Å². The Balaban J connectivity index is 1.81. The van der Waals surface area contributed by atoms with Crippen LogP contribution < -0.4 is 0 Å². The van der Waals surface area contributed by atoms with Crippen molar-refractivity contribution in [2.75, 3.05) is 26.2 Å². The minimum atomic E-state index is 0.299. The maximum Gasteiger partial charge on any atom is 0.137 e. The fraction of sp³-hybridized carbons (Fsp3) is 0.933. The lowest BCUT2D eigenvalue weighted by Gasteiger charge is -2.34. The minimum absolute atomic E-state index is 0.299. The van der Waals surface area contributed by atoms with Gasteiger partial charge in [-0.15, -0.1) is 0 Å². The van der Waals surface area contributed by atoms with Gasteiger partial charge in [-0.2, -0.15) is 0 Å². The van der Waals surface area contributed by atoms with Crippen LogP contribution in [0, 0.1) is 5.92 Å². The van der Waals surface area contributed by atoms with E-state index in [2.05, 4.69) is 11.8 Å². The van der Waals surface area contributed by atoms with Crippen molar-refractivity contribution in [2.45, 2.75) is 58.0 Å². The Morgan fingerprint density at radius 3 is 2.94 bits per heavy atom. The normalized spacial score (nSPS) is 31.3. The van der Waals surface area contributed by atoms with Crippen LogP contribution in [0.15, 0.2) is 0 Å². The molecule has 2 aliphatic rings. The SMILES string of the molecule is CCOC1CCCN(CC2CCCCCC2=O)C1. The molecule has 1 aliphatic heterocycles. The lowest BCUT2D eigenvalue weighted by atomic mass is 9.97. The van der Waals surface area contributed by atoms with E-state index >= 15 is 0 Å². The Morgan fingerprint density at radius 1 is 1.22 bits per heavy atom. The number of carbonyl (C=O) groups excluding carboxylic acids is 1. The average molecular weight is 253 g/mol. The molecule has 0 aromatic heterocycles. The van der Waals surface area contributed by atoms with Crippen LogP contribution in [0.1, 0.15) is 51.9 Å². The Morgan fingerprint density at radius 2 is 2.11 bits per heavy atom. The number of hydrogen-bond donors (Lipinski definition) is 0. The van der Waals surface area contributed by atoms with E-state index in [1.54, 1.807) is 0 Å². The second-order valence-corrected chi connectivity index (χ2v) is 5.74. The molecule has 0 radical (unpaired) electrons. The first-order valence-corrected chi connectivity index (χ1v) is 7.66. The van der Waals surface area contributed by atoms with E-state index in [-0.39, 0.29) is 0 Å². The highest BCUT2D eigenvalue weighted by molar-refractivity contribution is 5.81. The summed E-state index contributed by atoms with van der Waals surface area (Å²) in [7, 11) is 0. The first kappa shape index (κ1) is 14.0. The van der Waals surface area contributed by atoms with Crippen molar-refractivity contribution in [2.24, 2.45) is 5.92 Å². The summed E-state index contributed by atoms with van der Waals surface area (Å²) in [5, 5.41) is 0. The predicted molar refractivity (Wildman–Crippen MR) is 72.7 cm³/mol. The summed E-state index contributed by atoms with van der Waals surface area (Å²) in [6.07, 6.45) is 8.29. The van der Waals surface area contributed by atoms with Gasteiger partial charge >= 0.3 is 0 Å². The molecule has 0 N–H and O–H groups in total. The number of rotatable bonds is 4. The zero-order valence-electron chi connectivity index (χ0n) is 11.7. The number of Topliss-reactive ketones (excluding diaryl/α,β-unsaturated/α-hetero) is 1. The summed E-state index contributed by atoms with van der Waals surface area (Å²) in [6, 6.07) is 0. The first-order valence-electron chi connectivity index (χ1n) is 7.66. The molecular formula is C15H27NO2. The first-order chi connectivity index (χ1) is 8.79. The molecular weight excluding hydrogens is 226 g/mol. The molecule has 0 spiro atoms. The molecule has 3 heteroatoms. The van der Waals surface area contributed by atoms with Crippen LogP contribution >= 0.6 is 0 Å². The molecule has 1 saturated heterocycles. The van der Waals surface area contributed by atoms with Crippen LogP contribution in [0.25, 0.3) is 0 Å². The maximum absolute atomic E-state index is 12.0. The number of nitrogens with zero attached hydrogens (tertiary/aromatic N) is 1. The van der Waals surface area contributed by atoms with E-state index in [0.29, 0.717) is 17.8 Å². The molecule has 3 nitrogen and oxygen atoms in total. The Bertz CT molecular complexity index is 265. The molecule has 2 fully saturated rings. The molecule has 0 bridgehead atoms. The van der Waals surface area contributed by atoms with E-state index in [1.165, 1.54) is 25.7 Å². The van der Waals surface area contributed by atoms with Crippen LogP contribution in [-0.4, -0.2) is 43.0 Å². The standard InChI is InChI=1S/C15H27NO2/c1-2-18-14-8-6-10-16(12-14)11-13-7-4-3-5-9-15(13)17/h13-14H,2-12H2,1H3. The highest BCUT2D eigenvalue weighted by atomic mass is 16.5. The number of hydrogen-bond acceptors (Lipinski definition) is 3. The molecule has 2 rings (SSSR count). The fourth-order valence-electron chi connectivity index (χ4n) is 3.29. The highest BCUT2D eigenvalue weighted by Crippen LogP contribution is 2.23. The van der Waals surface area contributed by atoms with Crippen LogP contribution in [0.4, 0.5) is 0 Å². The van der Waals surface area contributed by atoms with Gasteiger partial charge in [-0.1, -0.05) is 12.8 Å². The Labute approximate surface area is 111 Å². The largest absolute Gasteiger partial charge is 0.377 e. The molecule has 1 aliphatic carbocycles. The summed E-state index contributed by atoms with van der Waals surface area (Å²) >= 11 is 0. The van der Waals surface area contributed by atoms with Gasteiger partial charge in [0.1, 0.15) is 5.78 Å². The fourth-order valence-corrected chi connectivity index (χ4v) is 3.29. The zero-order chi connectivity index (χ0) is 12.8. The molecule has 1 heterocycles. The quantitative estimate of drug-likeness (QED) is 0.721. The highest BCUT2D eigenvalue weighted by Gasteiger charge is 2.26. The van der Waals surface area contributed by atoms with Gasteiger partial charge in [0.05, 0.1) is 6.10 Å². The van der Waals surface area contributed by atoms with Gasteiger partial charge in [-0.3, -0.25) is 4.79 Å². The van der Waals surface area contributed by atoms with E-state index < -0.39 is 0 Å². The van der Waals surface area contributed by atoms with Crippen LogP contribution in [0.2, 0.25) is 0 Å². The molecule has 0 aromatic carbocycles. The molecule has 0 amide bonds. The van der Waals surface area contributed by atoms with Gasteiger partial charge in [0, 0.05) is 32.0 Å². The lowest BCUT2D eigenvalue weighted by molar-refractivity contribution is -0.123. The third-order valence-corrected chi connectivity index (χ3v) is 4.27. The Kier molecular flexibility index (Phi) is 5.64. The van der Waals surface area contributed by atoms with Crippen molar-refractivity contribution in [3.05, 3.63) is 0 Å². The molecule has 1 saturated carbocycles. The smallest absolute Gasteiger partial charge is 0.137 e. The molecule has 0 aromatic rings. The summed E-state index contributed by atoms with van der Waals surface area (Å²) in [5.74, 6) is 0.805. The summed E-state index contributed by atoms with van der Waals surface area (Å²) < 4.78 is 5.73. The van der Waals surface area contributed by atoms with E-state index in [4.69, 9.17) is 4.74 Å². The topological polar surface area (TPSA) is 29.5 Å². The van der Waals surface area contributed by atoms with Crippen molar-refractivity contribution in [3.63, 3.8) is 0 Å². The van der Waals surface area contributed by atoms with Crippen molar-refractivity contribution >= 4 is 5.78 Å². The lowest BCUT2D eigenvalue weighted by Crippen LogP contribution is -2.43. The maximum atomic E-state index is 12.0. The number of carbonyl (C=O) groups is 1. The van der Waals surface area contributed by atoms with Crippen LogP contribution in [0.3, 0.4) is 0 Å². The average Bonchev–Trinajstić information content (AvgIpc) is 2.56. The van der Waals surface area contributed by atoms with Gasteiger partial charge in [-0.05, 0) is 39.2 Å². The predicted octanol–water partition coefficient (Wildman–Crippen LogP) is 2.64. The van der Waals surface area contributed by atoms with Crippen LogP contribution in [-0.2, 0) is 9.53 Å². The number of piperidine rings is 1. The van der Waals surface area contributed by atoms with Crippen molar-refractivity contribution in [3.8, 4) is 0 Å². The van der Waals surface area contributed by atoms with Crippen LogP contribution in [0.5, 0.6) is 0 Å². The third-order valence-electron chi connectivity index (χ3n) is 4.27. The van der Waals surface area contributed by atoms with Gasteiger partial charge in [0.25, 0.3) is 0 Å². The second-order valence-electron chi connectivity index (χ2n) is 5.74. The zero-order valence-corrected chi connectivity index (χ0v) is 11.7. The minimum Gasteiger partial charge on any atom is -0.377 e. The number of likely N-dealkylation sites (tertiary alicyclic amines) is 1. The van der Waals surface area contributed by atoms with Gasteiger partial charge in [0.15, 0.2) is 0 Å². The summed E-state index contributed by atoms with van der Waals surface area (Å²) in [5.41, 5.74) is 0. The molecule has 18 heavy (non-hydrogen) atoms. The van der Waals surface area contributed by atoms with Gasteiger partial charge in [0.2, 0.25) is 0 Å². The van der Waals surface area contributed by atoms with Gasteiger partial charge < -0.3 is 9.64 Å². The van der Waals surface area contributed by atoms with Crippen molar-refractivity contribution in [1.82, 2.24) is 4.90 Å². The van der Waals surface area contributed by atoms with Crippen molar-refractivity contribution < 1.29 is 9.53 Å². The van der Waals surface area contributed by atoms with E-state index in [9.17, 15) is 4.79 Å². The molecule has 2 atom stereocenters.